The van der Waals surface area contributed by atoms with Crippen LogP contribution in [0.2, 0.25) is 5.02 Å². The van der Waals surface area contributed by atoms with E-state index in [-0.39, 0.29) is 24.2 Å². The number of anilines is 1. The average Bonchev–Trinajstić information content (AvgIpc) is 3.56. The first kappa shape index (κ1) is 27.4. The Hall–Kier alpha value is -3.15. The first-order chi connectivity index (χ1) is 18.7. The zero-order valence-electron chi connectivity index (χ0n) is 22.2. The Labute approximate surface area is 239 Å². The maximum absolute atomic E-state index is 13.2. The van der Waals surface area contributed by atoms with Gasteiger partial charge in [-0.15, -0.1) is 21.5 Å². The Morgan fingerprint density at radius 3 is 2.85 bits per heavy atom. The van der Waals surface area contributed by atoms with E-state index in [1.54, 1.807) is 24.9 Å². The molecule has 1 aromatic carbocycles. The molecular weight excluding hydrogens is 556 g/mol. The largest absolute Gasteiger partial charge is 0.462 e. The molecule has 4 aromatic rings. The number of amides is 1. The van der Waals surface area contributed by atoms with Crippen molar-refractivity contribution in [1.29, 1.82) is 0 Å². The van der Waals surface area contributed by atoms with Gasteiger partial charge in [-0.25, -0.2) is 4.79 Å². The molecule has 1 aliphatic carbocycles. The number of thioether (sulfide) groups is 1. The second kappa shape index (κ2) is 11.5. The second-order valence-corrected chi connectivity index (χ2v) is 12.0. The van der Waals surface area contributed by atoms with Crippen molar-refractivity contribution in [2.24, 2.45) is 13.0 Å². The third kappa shape index (κ3) is 5.75. The molecule has 0 aliphatic heterocycles. The molecule has 5 rings (SSSR count). The van der Waals surface area contributed by atoms with Gasteiger partial charge >= 0.3 is 5.97 Å². The van der Waals surface area contributed by atoms with Crippen LogP contribution in [0.3, 0.4) is 0 Å². The van der Waals surface area contributed by atoms with Gasteiger partial charge in [0.2, 0.25) is 5.91 Å². The molecule has 204 valence electrons. The fraction of sp³-hybridized carbons (Fsp3) is 0.370. The number of benzene rings is 1. The molecule has 3 aromatic heterocycles. The molecule has 1 amide bonds. The smallest absolute Gasteiger partial charge is 0.341 e. The standard InChI is InChI=1S/C27H29ClN6O3S2/c1-5-37-26(36)22-18-10-9-16(3)12-20(18)39-25(22)29-21(35)14-38-27-31-30-24(23-19(28)13-33(4)32-23)34(27)17-8-6-7-15(2)11-17/h6-8,11,13,16H,5,9-10,12,14H2,1-4H3,(H,29,35)/t16-/m0/s1. The van der Waals surface area contributed by atoms with Crippen molar-refractivity contribution in [2.75, 3.05) is 17.7 Å². The van der Waals surface area contributed by atoms with Crippen molar-refractivity contribution < 1.29 is 14.3 Å². The summed E-state index contributed by atoms with van der Waals surface area (Å²) < 4.78 is 8.81. The molecule has 3 heterocycles. The van der Waals surface area contributed by atoms with Gasteiger partial charge in [-0.1, -0.05) is 42.4 Å². The summed E-state index contributed by atoms with van der Waals surface area (Å²) in [6.07, 6.45) is 4.42. The van der Waals surface area contributed by atoms with E-state index in [4.69, 9.17) is 16.3 Å². The maximum Gasteiger partial charge on any atom is 0.341 e. The summed E-state index contributed by atoms with van der Waals surface area (Å²) in [5.74, 6) is 0.469. The monoisotopic (exact) mass is 584 g/mol. The minimum absolute atomic E-state index is 0.0706. The third-order valence-electron chi connectivity index (χ3n) is 6.47. The number of nitrogens with one attached hydrogen (secondary N) is 1. The number of ether oxygens (including phenoxy) is 1. The molecule has 12 heteroatoms. The van der Waals surface area contributed by atoms with E-state index in [2.05, 4.69) is 27.5 Å². The molecule has 1 atom stereocenters. The first-order valence-electron chi connectivity index (χ1n) is 12.7. The van der Waals surface area contributed by atoms with Crippen LogP contribution in [0, 0.1) is 12.8 Å². The molecule has 0 radical (unpaired) electrons. The van der Waals surface area contributed by atoms with Crippen LogP contribution in [0.4, 0.5) is 5.00 Å². The molecule has 39 heavy (non-hydrogen) atoms. The first-order valence-corrected chi connectivity index (χ1v) is 14.9. The van der Waals surface area contributed by atoms with E-state index in [0.29, 0.717) is 38.2 Å². The van der Waals surface area contributed by atoms with Gasteiger partial charge in [0.05, 0.1) is 28.6 Å². The Bertz CT molecular complexity index is 1540. The summed E-state index contributed by atoms with van der Waals surface area (Å²) in [4.78, 5) is 27.1. The number of fused-ring (bicyclic) bond motifs is 1. The van der Waals surface area contributed by atoms with Gasteiger partial charge in [0.15, 0.2) is 11.0 Å². The SMILES string of the molecule is CCOC(=O)c1c(NC(=O)CSc2nnc(-c3nn(C)cc3Cl)n2-c2cccc(C)c2)sc2c1CC[C@H](C)C2. The van der Waals surface area contributed by atoms with Gasteiger partial charge < -0.3 is 10.1 Å². The highest BCUT2D eigenvalue weighted by Crippen LogP contribution is 2.40. The summed E-state index contributed by atoms with van der Waals surface area (Å²) in [6.45, 7) is 6.27. The van der Waals surface area contributed by atoms with Crippen LogP contribution in [-0.4, -0.2) is 48.8 Å². The van der Waals surface area contributed by atoms with Crippen LogP contribution in [0.15, 0.2) is 35.6 Å². The lowest BCUT2D eigenvalue weighted by Gasteiger charge is -2.18. The maximum atomic E-state index is 13.2. The van der Waals surface area contributed by atoms with E-state index in [9.17, 15) is 9.59 Å². The van der Waals surface area contributed by atoms with Gasteiger partial charge in [-0.3, -0.25) is 14.0 Å². The Morgan fingerprint density at radius 1 is 1.31 bits per heavy atom. The summed E-state index contributed by atoms with van der Waals surface area (Å²) >= 11 is 9.17. The molecular formula is C27H29ClN6O3S2. The number of nitrogens with zero attached hydrogens (tertiary/aromatic N) is 5. The van der Waals surface area contributed by atoms with E-state index < -0.39 is 0 Å². The number of rotatable bonds is 8. The van der Waals surface area contributed by atoms with Gasteiger partial charge in [0.1, 0.15) is 10.7 Å². The van der Waals surface area contributed by atoms with Crippen LogP contribution < -0.4 is 5.32 Å². The van der Waals surface area contributed by atoms with Crippen molar-refractivity contribution in [3.63, 3.8) is 0 Å². The summed E-state index contributed by atoms with van der Waals surface area (Å²) in [7, 11) is 1.79. The number of thiophene rings is 1. The van der Waals surface area contributed by atoms with Crippen LogP contribution >= 0.6 is 34.7 Å². The van der Waals surface area contributed by atoms with Crippen molar-refractivity contribution in [1.82, 2.24) is 24.5 Å². The molecule has 0 bridgehead atoms. The van der Waals surface area contributed by atoms with Crippen LogP contribution in [0.5, 0.6) is 0 Å². The molecule has 1 N–H and O–H groups in total. The fourth-order valence-electron chi connectivity index (χ4n) is 4.68. The van der Waals surface area contributed by atoms with Gasteiger partial charge in [0.25, 0.3) is 0 Å². The lowest BCUT2D eigenvalue weighted by atomic mass is 9.88. The normalized spacial score (nSPS) is 14.7. The number of halogens is 1. The van der Waals surface area contributed by atoms with Crippen LogP contribution in [0.25, 0.3) is 17.2 Å². The molecule has 0 unspecified atom stereocenters. The molecule has 9 nitrogen and oxygen atoms in total. The number of aryl methyl sites for hydroxylation is 2. The zero-order valence-corrected chi connectivity index (χ0v) is 24.5. The lowest BCUT2D eigenvalue weighted by Crippen LogP contribution is -2.18. The summed E-state index contributed by atoms with van der Waals surface area (Å²) in [6, 6.07) is 7.91. The third-order valence-corrected chi connectivity index (χ3v) is 8.84. The molecule has 0 fully saturated rings. The van der Waals surface area contributed by atoms with E-state index in [1.165, 1.54) is 23.1 Å². The fourth-order valence-corrected chi connectivity index (χ4v) is 7.11. The van der Waals surface area contributed by atoms with Crippen molar-refractivity contribution >= 4 is 51.6 Å². The van der Waals surface area contributed by atoms with Gasteiger partial charge in [-0.05, 0) is 62.3 Å². The molecule has 0 saturated carbocycles. The molecule has 0 saturated heterocycles. The zero-order chi connectivity index (χ0) is 27.7. The van der Waals surface area contributed by atoms with Crippen LogP contribution in [0.1, 0.15) is 46.6 Å². The minimum atomic E-state index is -0.386. The highest BCUT2D eigenvalue weighted by atomic mass is 35.5. The van der Waals surface area contributed by atoms with Crippen molar-refractivity contribution in [3.05, 3.63) is 57.1 Å². The van der Waals surface area contributed by atoms with Gasteiger partial charge in [0, 0.05) is 18.1 Å². The summed E-state index contributed by atoms with van der Waals surface area (Å²) in [5.41, 5.74) is 3.91. The lowest BCUT2D eigenvalue weighted by molar-refractivity contribution is -0.113. The summed E-state index contributed by atoms with van der Waals surface area (Å²) in [5, 5.41) is 17.7. The Kier molecular flexibility index (Phi) is 8.11. The van der Waals surface area contributed by atoms with Gasteiger partial charge in [-0.2, -0.15) is 5.10 Å². The van der Waals surface area contributed by atoms with Crippen molar-refractivity contribution in [2.45, 2.75) is 45.2 Å². The predicted octanol–water partition coefficient (Wildman–Crippen LogP) is 5.72. The number of hydrogen-bond acceptors (Lipinski definition) is 8. The molecule has 1 aliphatic rings. The average molecular weight is 585 g/mol. The van der Waals surface area contributed by atoms with E-state index in [0.717, 1.165) is 41.0 Å². The number of aromatic nitrogens is 5. The highest BCUT2D eigenvalue weighted by molar-refractivity contribution is 7.99. The highest BCUT2D eigenvalue weighted by Gasteiger charge is 2.29. The number of carbonyl (C=O) groups is 2. The quantitative estimate of drug-likeness (QED) is 0.208. The number of carbonyl (C=O) groups excluding carboxylic acids is 2. The topological polar surface area (TPSA) is 104 Å². The predicted molar refractivity (Wildman–Crippen MR) is 154 cm³/mol. The minimum Gasteiger partial charge on any atom is -0.462 e. The van der Waals surface area contributed by atoms with Crippen LogP contribution in [-0.2, 0) is 29.4 Å². The Morgan fingerprint density at radius 2 is 2.13 bits per heavy atom. The second-order valence-electron chi connectivity index (χ2n) is 9.59. The number of esters is 1. The van der Waals surface area contributed by atoms with E-state index in [1.807, 2.05) is 35.8 Å². The van der Waals surface area contributed by atoms with Crippen molar-refractivity contribution in [3.8, 4) is 17.2 Å². The van der Waals surface area contributed by atoms with E-state index >= 15 is 0 Å². The Balaban J connectivity index is 1.41. The molecule has 0 spiro atoms. The number of hydrogen-bond donors (Lipinski definition) is 1.